The van der Waals surface area contributed by atoms with Crippen molar-refractivity contribution in [3.8, 4) is 5.75 Å². The van der Waals surface area contributed by atoms with Gasteiger partial charge >= 0.3 is 0 Å². The number of aromatic nitrogens is 2. The van der Waals surface area contributed by atoms with Gasteiger partial charge in [0.15, 0.2) is 0 Å². The molecule has 2 aromatic carbocycles. The predicted octanol–water partition coefficient (Wildman–Crippen LogP) is 4.07. The van der Waals surface area contributed by atoms with Gasteiger partial charge in [-0.15, -0.1) is 11.6 Å². The van der Waals surface area contributed by atoms with Crippen molar-refractivity contribution in [2.75, 3.05) is 6.61 Å². The number of benzene rings is 2. The molecule has 0 saturated carbocycles. The van der Waals surface area contributed by atoms with Gasteiger partial charge in [0.1, 0.15) is 18.2 Å². The van der Waals surface area contributed by atoms with E-state index in [1.807, 2.05) is 18.2 Å². The van der Waals surface area contributed by atoms with Gasteiger partial charge < -0.3 is 9.30 Å². The third kappa shape index (κ3) is 1.92. The highest BCUT2D eigenvalue weighted by Gasteiger charge is 2.28. The molecule has 1 unspecified atom stereocenters. The summed E-state index contributed by atoms with van der Waals surface area (Å²) in [6, 6.07) is 14.6. The Bertz CT molecular complexity index is 825. The van der Waals surface area contributed by atoms with Gasteiger partial charge in [-0.2, -0.15) is 0 Å². The number of hydrogen-bond donors (Lipinski definition) is 0. The topological polar surface area (TPSA) is 27.1 Å². The maximum absolute atomic E-state index is 6.12. The first-order chi connectivity index (χ1) is 10.3. The number of imidazole rings is 1. The number of rotatable bonds is 2. The van der Waals surface area contributed by atoms with Crippen LogP contribution in [0.15, 0.2) is 42.5 Å². The fourth-order valence-electron chi connectivity index (χ4n) is 3.05. The van der Waals surface area contributed by atoms with Crippen molar-refractivity contribution in [1.82, 2.24) is 9.55 Å². The van der Waals surface area contributed by atoms with Gasteiger partial charge in [-0.1, -0.05) is 24.3 Å². The minimum Gasteiger partial charge on any atom is -0.491 e. The van der Waals surface area contributed by atoms with Crippen LogP contribution in [0, 0.1) is 6.92 Å². The normalized spacial score (nSPS) is 17.0. The Morgan fingerprint density at radius 2 is 2.14 bits per heavy atom. The van der Waals surface area contributed by atoms with Crippen LogP contribution in [0.3, 0.4) is 0 Å². The standard InChI is InChI=1S/C17H15ClN2O/c1-11-6-7-13-14(8-11)20(17(9-18)19-13)15-10-21-16-5-3-2-4-12(15)16/h2-8,15H,9-10H2,1H3. The molecule has 3 nitrogen and oxygen atoms in total. The van der Waals surface area contributed by atoms with Crippen LogP contribution in [-0.4, -0.2) is 16.2 Å². The third-order valence-corrected chi connectivity index (χ3v) is 4.26. The molecule has 0 bridgehead atoms. The Balaban J connectivity index is 1.96. The van der Waals surface area contributed by atoms with E-state index in [4.69, 9.17) is 16.3 Å². The number of hydrogen-bond acceptors (Lipinski definition) is 2. The number of fused-ring (bicyclic) bond motifs is 2. The Morgan fingerprint density at radius 3 is 3.00 bits per heavy atom. The molecule has 0 amide bonds. The SMILES string of the molecule is Cc1ccc2nc(CCl)n(C3COc4ccccc43)c2c1. The highest BCUT2D eigenvalue weighted by atomic mass is 35.5. The van der Waals surface area contributed by atoms with Crippen molar-refractivity contribution in [2.24, 2.45) is 0 Å². The molecule has 1 aliphatic rings. The third-order valence-electron chi connectivity index (χ3n) is 4.02. The largest absolute Gasteiger partial charge is 0.491 e. The molecule has 0 spiro atoms. The van der Waals surface area contributed by atoms with Gasteiger partial charge in [-0.05, 0) is 30.7 Å². The van der Waals surface area contributed by atoms with Crippen molar-refractivity contribution >= 4 is 22.6 Å². The first-order valence-electron chi connectivity index (χ1n) is 7.03. The van der Waals surface area contributed by atoms with Crippen LogP contribution < -0.4 is 4.74 Å². The quantitative estimate of drug-likeness (QED) is 0.667. The number of halogens is 1. The van der Waals surface area contributed by atoms with Crippen molar-refractivity contribution in [1.29, 1.82) is 0 Å². The maximum Gasteiger partial charge on any atom is 0.125 e. The van der Waals surface area contributed by atoms with Crippen molar-refractivity contribution in [2.45, 2.75) is 18.8 Å². The predicted molar refractivity (Wildman–Crippen MR) is 84.1 cm³/mol. The second-order valence-corrected chi connectivity index (χ2v) is 5.66. The van der Waals surface area contributed by atoms with E-state index in [0.717, 1.165) is 22.6 Å². The van der Waals surface area contributed by atoms with E-state index >= 15 is 0 Å². The van der Waals surface area contributed by atoms with Gasteiger partial charge in [0.25, 0.3) is 0 Å². The molecule has 0 aliphatic carbocycles. The smallest absolute Gasteiger partial charge is 0.125 e. The minimum atomic E-state index is 0.141. The van der Waals surface area contributed by atoms with Gasteiger partial charge in [-0.3, -0.25) is 0 Å². The average Bonchev–Trinajstić information content (AvgIpc) is 3.07. The zero-order chi connectivity index (χ0) is 14.4. The van der Waals surface area contributed by atoms with Crippen molar-refractivity contribution in [3.05, 3.63) is 59.4 Å². The van der Waals surface area contributed by atoms with Gasteiger partial charge in [0.05, 0.1) is 23.0 Å². The molecule has 0 radical (unpaired) electrons. The van der Waals surface area contributed by atoms with Gasteiger partial charge in [-0.25, -0.2) is 4.98 Å². The summed E-state index contributed by atoms with van der Waals surface area (Å²) in [5.74, 6) is 2.24. The molecule has 4 heteroatoms. The zero-order valence-corrected chi connectivity index (χ0v) is 12.5. The van der Waals surface area contributed by atoms with Gasteiger partial charge in [0, 0.05) is 5.56 Å². The number of ether oxygens (including phenoxy) is 1. The van der Waals surface area contributed by atoms with Crippen LogP contribution in [-0.2, 0) is 5.88 Å². The summed E-state index contributed by atoms with van der Waals surface area (Å²) in [4.78, 5) is 4.67. The number of nitrogens with zero attached hydrogens (tertiary/aromatic N) is 2. The summed E-state index contributed by atoms with van der Waals surface area (Å²) in [6.07, 6.45) is 0. The summed E-state index contributed by atoms with van der Waals surface area (Å²) in [5, 5.41) is 0. The number of para-hydroxylation sites is 1. The lowest BCUT2D eigenvalue weighted by Gasteiger charge is -2.15. The first-order valence-corrected chi connectivity index (χ1v) is 7.56. The fraction of sp³-hybridized carbons (Fsp3) is 0.235. The van der Waals surface area contributed by atoms with Crippen LogP contribution in [0.1, 0.15) is 23.0 Å². The number of aryl methyl sites for hydroxylation is 1. The summed E-state index contributed by atoms with van der Waals surface area (Å²) < 4.78 is 8.05. The van der Waals surface area contributed by atoms with Crippen LogP contribution in [0.4, 0.5) is 0 Å². The molecule has 2 heterocycles. The first kappa shape index (κ1) is 12.7. The highest BCUT2D eigenvalue weighted by molar-refractivity contribution is 6.16. The van der Waals surface area contributed by atoms with Crippen LogP contribution >= 0.6 is 11.6 Å². The van der Waals surface area contributed by atoms with E-state index in [1.54, 1.807) is 0 Å². The monoisotopic (exact) mass is 298 g/mol. The lowest BCUT2D eigenvalue weighted by Crippen LogP contribution is -2.14. The second-order valence-electron chi connectivity index (χ2n) is 5.39. The summed E-state index contributed by atoms with van der Waals surface area (Å²) in [7, 11) is 0. The molecular formula is C17H15ClN2O. The van der Waals surface area contributed by atoms with Crippen LogP contribution in [0.2, 0.25) is 0 Å². The summed E-state index contributed by atoms with van der Waals surface area (Å²) in [6.45, 7) is 2.72. The molecule has 106 valence electrons. The molecule has 1 aromatic heterocycles. The lowest BCUT2D eigenvalue weighted by atomic mass is 10.1. The molecule has 1 aliphatic heterocycles. The van der Waals surface area contributed by atoms with E-state index in [2.05, 4.69) is 40.7 Å². The Kier molecular flexibility index (Phi) is 2.89. The fourth-order valence-corrected chi connectivity index (χ4v) is 3.24. The molecule has 0 fully saturated rings. The molecule has 0 N–H and O–H groups in total. The Labute approximate surface area is 128 Å². The van der Waals surface area contributed by atoms with E-state index in [1.165, 1.54) is 11.1 Å². The van der Waals surface area contributed by atoms with Crippen molar-refractivity contribution < 1.29 is 4.74 Å². The molecular weight excluding hydrogens is 284 g/mol. The zero-order valence-electron chi connectivity index (χ0n) is 11.7. The highest BCUT2D eigenvalue weighted by Crippen LogP contribution is 2.37. The van der Waals surface area contributed by atoms with Crippen LogP contribution in [0.25, 0.3) is 11.0 Å². The van der Waals surface area contributed by atoms with Crippen LogP contribution in [0.5, 0.6) is 5.75 Å². The van der Waals surface area contributed by atoms with E-state index in [-0.39, 0.29) is 6.04 Å². The van der Waals surface area contributed by atoms with E-state index in [0.29, 0.717) is 12.5 Å². The summed E-state index contributed by atoms with van der Waals surface area (Å²) in [5.41, 5.74) is 4.53. The number of alkyl halides is 1. The average molecular weight is 299 g/mol. The lowest BCUT2D eigenvalue weighted by molar-refractivity contribution is 0.317. The van der Waals surface area contributed by atoms with Gasteiger partial charge in [0.2, 0.25) is 0 Å². The minimum absolute atomic E-state index is 0.141. The molecule has 3 aromatic rings. The van der Waals surface area contributed by atoms with Crippen molar-refractivity contribution in [3.63, 3.8) is 0 Å². The molecule has 1 atom stereocenters. The molecule has 0 saturated heterocycles. The Hall–Kier alpha value is -2.00. The second kappa shape index (κ2) is 4.78. The molecule has 4 rings (SSSR count). The Morgan fingerprint density at radius 1 is 1.29 bits per heavy atom. The van der Waals surface area contributed by atoms with E-state index in [9.17, 15) is 0 Å². The maximum atomic E-state index is 6.12. The summed E-state index contributed by atoms with van der Waals surface area (Å²) >= 11 is 6.12. The molecule has 21 heavy (non-hydrogen) atoms. The van der Waals surface area contributed by atoms with E-state index < -0.39 is 0 Å².